The van der Waals surface area contributed by atoms with Crippen molar-refractivity contribution in [3.63, 3.8) is 0 Å². The number of cyclic esters (lactones) is 1. The number of hydrogen-bond donors (Lipinski definition) is 0. The van der Waals surface area contributed by atoms with Gasteiger partial charge in [-0.05, 0) is 90.4 Å². The third-order valence-corrected chi connectivity index (χ3v) is 8.23. The molecule has 3 aromatic rings. The minimum absolute atomic E-state index is 0.0172. The third-order valence-electron chi connectivity index (χ3n) is 8.23. The van der Waals surface area contributed by atoms with Crippen LogP contribution in [0.25, 0.3) is 11.1 Å². The molecule has 2 fully saturated rings. The van der Waals surface area contributed by atoms with Gasteiger partial charge in [0.15, 0.2) is 0 Å². The van der Waals surface area contributed by atoms with Crippen molar-refractivity contribution < 1.29 is 53.8 Å². The van der Waals surface area contributed by atoms with Gasteiger partial charge < -0.3 is 9.47 Å². The van der Waals surface area contributed by atoms with E-state index in [4.69, 9.17) is 9.47 Å². The zero-order chi connectivity index (χ0) is 32.9. The highest BCUT2D eigenvalue weighted by Gasteiger charge is 2.50. The average molecular weight is 646 g/mol. The van der Waals surface area contributed by atoms with Crippen LogP contribution in [0.2, 0.25) is 0 Å². The second kappa shape index (κ2) is 11.8. The number of piperidine rings is 1. The van der Waals surface area contributed by atoms with E-state index in [2.05, 4.69) is 0 Å². The molecule has 242 valence electrons. The van der Waals surface area contributed by atoms with Crippen molar-refractivity contribution in [2.24, 2.45) is 0 Å². The van der Waals surface area contributed by atoms with Crippen molar-refractivity contribution in [3.8, 4) is 16.9 Å². The number of alkyl halides is 9. The van der Waals surface area contributed by atoms with Crippen LogP contribution in [-0.2, 0) is 29.7 Å². The second-order valence-electron chi connectivity index (χ2n) is 11.1. The molecule has 1 amide bonds. The SMILES string of the molecule is CCCc1ccc(OC)c(-c2ccc(C(F)(F)F)cc2[C@@H]2CCC[C@H]3[C@@H](c4cc(C(F)(F)F)cc(C(F)(F)F)c4)OC(=O)N23)c1. The molecular weight excluding hydrogens is 617 g/mol. The molecule has 0 saturated carbocycles. The van der Waals surface area contributed by atoms with E-state index in [0.717, 1.165) is 29.0 Å². The highest BCUT2D eigenvalue weighted by atomic mass is 19.4. The van der Waals surface area contributed by atoms with Crippen LogP contribution in [0.1, 0.15) is 78.1 Å². The molecule has 2 saturated heterocycles. The Morgan fingerprint density at radius 2 is 1.44 bits per heavy atom. The number of amides is 1. The lowest BCUT2D eigenvalue weighted by atomic mass is 9.83. The van der Waals surface area contributed by atoms with Crippen molar-refractivity contribution in [1.82, 2.24) is 4.90 Å². The molecule has 3 atom stereocenters. The van der Waals surface area contributed by atoms with E-state index in [-0.39, 0.29) is 24.5 Å². The quantitative estimate of drug-likeness (QED) is 0.251. The Labute approximate surface area is 252 Å². The molecule has 13 heteroatoms. The van der Waals surface area contributed by atoms with Crippen LogP contribution < -0.4 is 4.74 Å². The average Bonchev–Trinajstić information content (AvgIpc) is 3.32. The van der Waals surface area contributed by atoms with Gasteiger partial charge in [-0.3, -0.25) is 4.90 Å². The summed E-state index contributed by atoms with van der Waals surface area (Å²) < 4.78 is 134. The summed E-state index contributed by atoms with van der Waals surface area (Å²) in [5, 5.41) is 0. The first-order chi connectivity index (χ1) is 21.0. The van der Waals surface area contributed by atoms with Crippen LogP contribution in [0.5, 0.6) is 5.75 Å². The Morgan fingerprint density at radius 1 is 0.800 bits per heavy atom. The van der Waals surface area contributed by atoms with Crippen LogP contribution in [0.4, 0.5) is 44.3 Å². The molecule has 0 N–H and O–H groups in total. The number of fused-ring (bicyclic) bond motifs is 1. The molecule has 45 heavy (non-hydrogen) atoms. The molecule has 0 aliphatic carbocycles. The van der Waals surface area contributed by atoms with E-state index in [1.165, 1.54) is 13.2 Å². The van der Waals surface area contributed by atoms with Gasteiger partial charge in [-0.1, -0.05) is 25.5 Å². The van der Waals surface area contributed by atoms with Crippen molar-refractivity contribution in [3.05, 3.63) is 88.0 Å². The monoisotopic (exact) mass is 645 g/mol. The summed E-state index contributed by atoms with van der Waals surface area (Å²) in [6.07, 6.45) is -15.4. The molecule has 0 unspecified atom stereocenters. The molecule has 0 bridgehead atoms. The Hall–Kier alpha value is -3.90. The van der Waals surface area contributed by atoms with E-state index in [0.29, 0.717) is 41.9 Å². The Bertz CT molecular complexity index is 1550. The van der Waals surface area contributed by atoms with Crippen LogP contribution in [0, 0.1) is 0 Å². The van der Waals surface area contributed by atoms with Crippen molar-refractivity contribution in [1.29, 1.82) is 0 Å². The predicted molar refractivity (Wildman–Crippen MR) is 145 cm³/mol. The topological polar surface area (TPSA) is 38.8 Å². The number of hydrogen-bond acceptors (Lipinski definition) is 3. The number of nitrogens with zero attached hydrogens (tertiary/aromatic N) is 1. The maximum atomic E-state index is 14.0. The Kier molecular flexibility index (Phi) is 8.52. The number of halogens is 9. The number of aryl methyl sites for hydroxylation is 1. The van der Waals surface area contributed by atoms with Crippen LogP contribution >= 0.6 is 0 Å². The summed E-state index contributed by atoms with van der Waals surface area (Å²) in [5.41, 5.74) is -2.78. The van der Waals surface area contributed by atoms with Crippen LogP contribution in [0.15, 0.2) is 54.6 Å². The van der Waals surface area contributed by atoms with E-state index < -0.39 is 65.1 Å². The van der Waals surface area contributed by atoms with Crippen molar-refractivity contribution in [2.75, 3.05) is 7.11 Å². The number of benzene rings is 3. The van der Waals surface area contributed by atoms with Crippen molar-refractivity contribution in [2.45, 2.75) is 75.7 Å². The van der Waals surface area contributed by atoms with Crippen LogP contribution in [-0.4, -0.2) is 24.1 Å². The smallest absolute Gasteiger partial charge is 0.416 e. The molecule has 2 aliphatic rings. The van der Waals surface area contributed by atoms with Gasteiger partial charge >= 0.3 is 24.6 Å². The fraction of sp³-hybridized carbons (Fsp3) is 0.406. The van der Waals surface area contributed by atoms with Gasteiger partial charge in [-0.25, -0.2) is 4.79 Å². The lowest BCUT2D eigenvalue weighted by Crippen LogP contribution is -2.41. The fourth-order valence-electron chi connectivity index (χ4n) is 6.25. The minimum atomic E-state index is -5.12. The van der Waals surface area contributed by atoms with E-state index in [1.54, 1.807) is 12.1 Å². The maximum Gasteiger partial charge on any atom is 0.416 e. The Morgan fingerprint density at radius 3 is 2.02 bits per heavy atom. The number of ether oxygens (including phenoxy) is 2. The molecule has 0 radical (unpaired) electrons. The number of rotatable bonds is 6. The van der Waals surface area contributed by atoms with Gasteiger partial charge in [0.2, 0.25) is 0 Å². The lowest BCUT2D eigenvalue weighted by Gasteiger charge is -2.38. The maximum absolute atomic E-state index is 14.0. The van der Waals surface area contributed by atoms with E-state index in [1.807, 2.05) is 13.0 Å². The molecule has 5 rings (SSSR count). The van der Waals surface area contributed by atoms with E-state index in [9.17, 15) is 44.3 Å². The molecule has 2 heterocycles. The van der Waals surface area contributed by atoms with E-state index >= 15 is 0 Å². The molecular formula is C32H28F9NO3. The highest BCUT2D eigenvalue weighted by molar-refractivity contribution is 5.77. The molecule has 0 spiro atoms. The zero-order valence-corrected chi connectivity index (χ0v) is 24.0. The first-order valence-corrected chi connectivity index (χ1v) is 14.2. The fourth-order valence-corrected chi connectivity index (χ4v) is 6.25. The van der Waals surface area contributed by atoms with Gasteiger partial charge in [0.05, 0.1) is 35.9 Å². The van der Waals surface area contributed by atoms with Crippen molar-refractivity contribution >= 4 is 6.09 Å². The largest absolute Gasteiger partial charge is 0.496 e. The van der Waals surface area contributed by atoms with Crippen LogP contribution in [0.3, 0.4) is 0 Å². The van der Waals surface area contributed by atoms with Gasteiger partial charge in [0.25, 0.3) is 0 Å². The normalized spacial score (nSPS) is 20.6. The van der Waals surface area contributed by atoms with Gasteiger partial charge in [0, 0.05) is 5.56 Å². The first-order valence-electron chi connectivity index (χ1n) is 14.2. The lowest BCUT2D eigenvalue weighted by molar-refractivity contribution is -0.143. The first kappa shape index (κ1) is 32.5. The summed E-state index contributed by atoms with van der Waals surface area (Å²) in [5.74, 6) is 0.369. The minimum Gasteiger partial charge on any atom is -0.496 e. The molecule has 4 nitrogen and oxygen atoms in total. The number of carbonyl (C=O) groups excluding carboxylic acids is 1. The summed E-state index contributed by atoms with van der Waals surface area (Å²) in [6, 6.07) is 7.41. The predicted octanol–water partition coefficient (Wildman–Crippen LogP) is 10.2. The summed E-state index contributed by atoms with van der Waals surface area (Å²) in [6.45, 7) is 1.97. The summed E-state index contributed by atoms with van der Waals surface area (Å²) >= 11 is 0. The molecule has 2 aliphatic heterocycles. The van der Waals surface area contributed by atoms with Gasteiger partial charge in [-0.2, -0.15) is 39.5 Å². The molecule has 0 aromatic heterocycles. The zero-order valence-electron chi connectivity index (χ0n) is 24.0. The highest BCUT2D eigenvalue weighted by Crippen LogP contribution is 2.50. The van der Waals surface area contributed by atoms with Gasteiger partial charge in [-0.15, -0.1) is 0 Å². The standard InChI is InChI=1S/C32H28F9NO3/c1-3-5-17-8-11-27(44-2)24(12-17)22-10-9-19(30(33,34)35)16-23(22)25-6-4-7-26-28(45-29(43)42(25)26)18-13-20(31(36,37)38)15-21(14-18)32(39,40)41/h8-16,25-26,28H,3-7H2,1-2H3/t25-,26-,28+/m0/s1. The third kappa shape index (κ3) is 6.44. The second-order valence-corrected chi connectivity index (χ2v) is 11.1. The Balaban J connectivity index is 1.64. The summed E-state index contributed by atoms with van der Waals surface area (Å²) in [7, 11) is 1.41. The number of methoxy groups -OCH3 is 1. The number of carbonyl (C=O) groups is 1. The molecule has 3 aromatic carbocycles. The van der Waals surface area contributed by atoms with Gasteiger partial charge in [0.1, 0.15) is 11.9 Å². The summed E-state index contributed by atoms with van der Waals surface area (Å²) in [4.78, 5) is 14.5.